The summed E-state index contributed by atoms with van der Waals surface area (Å²) in [6, 6.07) is 15.6. The first-order valence-electron chi connectivity index (χ1n) is 8.21. The quantitative estimate of drug-likeness (QED) is 0.450. The third-order valence-corrected chi connectivity index (χ3v) is 5.91. The lowest BCUT2D eigenvalue weighted by Gasteiger charge is -2.17. The number of imidazole rings is 1. The van der Waals surface area contributed by atoms with Crippen molar-refractivity contribution < 1.29 is 4.79 Å². The van der Waals surface area contributed by atoms with E-state index >= 15 is 0 Å². The van der Waals surface area contributed by atoms with Crippen molar-refractivity contribution >= 4 is 51.8 Å². The average molecular weight is 415 g/mol. The largest absolute Gasteiger partial charge is 0.344 e. The Bertz CT molecular complexity index is 1050. The second kappa shape index (κ2) is 8.12. The number of thiophene rings is 1. The number of H-pyrrole nitrogens is 1. The molecule has 1 amide bonds. The Balaban J connectivity index is 1.45. The van der Waals surface area contributed by atoms with Crippen LogP contribution in [0.3, 0.4) is 0 Å². The van der Waals surface area contributed by atoms with E-state index in [9.17, 15) is 4.79 Å². The van der Waals surface area contributed by atoms with Crippen LogP contribution in [0.2, 0.25) is 5.02 Å². The predicted octanol–water partition coefficient (Wildman–Crippen LogP) is 4.67. The van der Waals surface area contributed by atoms with Crippen LogP contribution < -0.4 is 5.32 Å². The number of thioether (sulfide) groups is 1. The van der Waals surface area contributed by atoms with Crippen molar-refractivity contribution in [3.63, 3.8) is 0 Å². The summed E-state index contributed by atoms with van der Waals surface area (Å²) in [4.78, 5) is 25.3. The smallest absolute Gasteiger partial charge is 0.231 e. The molecule has 1 atom stereocenters. The molecule has 2 N–H and O–H groups in total. The molecule has 27 heavy (non-hydrogen) atoms. The number of nitrogens with zero attached hydrogens (tertiary/aromatic N) is 2. The van der Waals surface area contributed by atoms with E-state index in [0.717, 1.165) is 16.0 Å². The van der Waals surface area contributed by atoms with Crippen LogP contribution in [0.1, 0.15) is 16.5 Å². The number of carbonyl (C=O) groups excluding carboxylic acids is 1. The van der Waals surface area contributed by atoms with Crippen LogP contribution in [-0.2, 0) is 4.79 Å². The second-order valence-corrected chi connectivity index (χ2v) is 8.16. The Kier molecular flexibility index (Phi) is 5.42. The van der Waals surface area contributed by atoms with E-state index < -0.39 is 0 Å². The maximum Gasteiger partial charge on any atom is 0.231 e. The Labute approximate surface area is 169 Å². The fourth-order valence-electron chi connectivity index (χ4n) is 2.68. The predicted molar refractivity (Wildman–Crippen MR) is 110 cm³/mol. The lowest BCUT2D eigenvalue weighted by Crippen LogP contribution is -2.30. The lowest BCUT2D eigenvalue weighted by atomic mass is 10.1. The number of nitrogens with one attached hydrogen (secondary N) is 2. The molecule has 0 saturated carbocycles. The standard InChI is InChI=1S/C19H15ClN4OS2/c20-13-9-14-18(21-10-13)24-19(22-14)27-11-16(25)23-17(15-7-4-8-26-15)12-5-2-1-3-6-12/h1-10,17H,11H2,(H,23,25)(H,21,22,24). The number of hydrogen-bond acceptors (Lipinski definition) is 5. The molecule has 0 fully saturated rings. The molecular formula is C19H15ClN4OS2. The molecular weight excluding hydrogens is 400 g/mol. The van der Waals surface area contributed by atoms with E-state index in [1.165, 1.54) is 11.8 Å². The summed E-state index contributed by atoms with van der Waals surface area (Å²) in [7, 11) is 0. The van der Waals surface area contributed by atoms with Crippen LogP contribution in [0, 0.1) is 0 Å². The maximum atomic E-state index is 12.6. The minimum atomic E-state index is -0.157. The minimum Gasteiger partial charge on any atom is -0.344 e. The van der Waals surface area contributed by atoms with Crippen LogP contribution in [0.4, 0.5) is 0 Å². The zero-order chi connectivity index (χ0) is 18.6. The molecule has 0 aliphatic rings. The molecule has 0 aliphatic carbocycles. The van der Waals surface area contributed by atoms with Gasteiger partial charge < -0.3 is 10.3 Å². The van der Waals surface area contributed by atoms with Gasteiger partial charge in [-0.1, -0.05) is 59.8 Å². The van der Waals surface area contributed by atoms with Crippen molar-refractivity contribution in [3.05, 3.63) is 75.6 Å². The van der Waals surface area contributed by atoms with E-state index in [0.29, 0.717) is 15.8 Å². The third kappa shape index (κ3) is 4.32. The van der Waals surface area contributed by atoms with Crippen LogP contribution in [0.15, 0.2) is 65.3 Å². The zero-order valence-corrected chi connectivity index (χ0v) is 16.4. The van der Waals surface area contributed by atoms with Gasteiger partial charge in [0, 0.05) is 11.1 Å². The lowest BCUT2D eigenvalue weighted by molar-refractivity contribution is -0.119. The number of benzene rings is 1. The summed E-state index contributed by atoms with van der Waals surface area (Å²) >= 11 is 8.90. The molecule has 3 heterocycles. The molecule has 0 spiro atoms. The summed E-state index contributed by atoms with van der Waals surface area (Å²) in [6.07, 6.45) is 1.55. The molecule has 0 saturated heterocycles. The van der Waals surface area contributed by atoms with Gasteiger partial charge in [-0.2, -0.15) is 0 Å². The van der Waals surface area contributed by atoms with Gasteiger partial charge in [0.05, 0.1) is 22.3 Å². The van der Waals surface area contributed by atoms with Crippen molar-refractivity contribution in [2.75, 3.05) is 5.75 Å². The van der Waals surface area contributed by atoms with E-state index in [2.05, 4.69) is 20.3 Å². The molecule has 3 aromatic heterocycles. The number of aromatic nitrogens is 3. The number of hydrogen-bond donors (Lipinski definition) is 2. The number of carbonyl (C=O) groups is 1. The van der Waals surface area contributed by atoms with Gasteiger partial charge in [-0.15, -0.1) is 11.3 Å². The van der Waals surface area contributed by atoms with E-state index in [4.69, 9.17) is 11.6 Å². The molecule has 8 heteroatoms. The molecule has 136 valence electrons. The molecule has 4 aromatic rings. The van der Waals surface area contributed by atoms with Crippen molar-refractivity contribution in [2.45, 2.75) is 11.2 Å². The van der Waals surface area contributed by atoms with Crippen molar-refractivity contribution in [1.29, 1.82) is 0 Å². The topological polar surface area (TPSA) is 70.7 Å². The van der Waals surface area contributed by atoms with Gasteiger partial charge in [-0.05, 0) is 23.1 Å². The normalized spacial score (nSPS) is 12.2. The minimum absolute atomic E-state index is 0.0614. The number of pyridine rings is 1. The highest BCUT2D eigenvalue weighted by Gasteiger charge is 2.18. The van der Waals surface area contributed by atoms with E-state index in [1.54, 1.807) is 23.6 Å². The van der Waals surface area contributed by atoms with Gasteiger partial charge in [0.2, 0.25) is 5.91 Å². The van der Waals surface area contributed by atoms with Crippen molar-refractivity contribution in [1.82, 2.24) is 20.3 Å². The highest BCUT2D eigenvalue weighted by molar-refractivity contribution is 7.99. The van der Waals surface area contributed by atoms with Gasteiger partial charge in [-0.3, -0.25) is 4.79 Å². The Hall–Kier alpha value is -2.35. The monoisotopic (exact) mass is 414 g/mol. The first-order chi connectivity index (χ1) is 13.2. The van der Waals surface area contributed by atoms with Crippen LogP contribution in [-0.4, -0.2) is 26.6 Å². The Morgan fingerprint density at radius 2 is 2.11 bits per heavy atom. The zero-order valence-electron chi connectivity index (χ0n) is 14.1. The molecule has 0 bridgehead atoms. The van der Waals surface area contributed by atoms with Gasteiger partial charge in [0.1, 0.15) is 0 Å². The van der Waals surface area contributed by atoms with Crippen molar-refractivity contribution in [2.24, 2.45) is 0 Å². The number of halogens is 1. The molecule has 5 nitrogen and oxygen atoms in total. The number of amides is 1. The second-order valence-electron chi connectivity index (χ2n) is 5.78. The van der Waals surface area contributed by atoms with Crippen LogP contribution >= 0.6 is 34.7 Å². The third-order valence-electron chi connectivity index (χ3n) is 3.89. The Morgan fingerprint density at radius 3 is 2.89 bits per heavy atom. The molecule has 1 aromatic carbocycles. The van der Waals surface area contributed by atoms with Gasteiger partial charge in [-0.25, -0.2) is 9.97 Å². The molecule has 0 aliphatic heterocycles. The summed E-state index contributed by atoms with van der Waals surface area (Å²) in [5.41, 5.74) is 2.40. The molecule has 0 radical (unpaired) electrons. The van der Waals surface area contributed by atoms with Gasteiger partial charge in [0.15, 0.2) is 10.8 Å². The molecule has 4 rings (SSSR count). The number of aromatic amines is 1. The van der Waals surface area contributed by atoms with Crippen LogP contribution in [0.25, 0.3) is 11.2 Å². The van der Waals surface area contributed by atoms with E-state index in [-0.39, 0.29) is 17.7 Å². The SMILES string of the molecule is O=C(CSc1nc2ncc(Cl)cc2[nH]1)NC(c1ccccc1)c1cccs1. The molecule has 1 unspecified atom stereocenters. The average Bonchev–Trinajstić information content (AvgIpc) is 3.34. The highest BCUT2D eigenvalue weighted by atomic mass is 35.5. The highest BCUT2D eigenvalue weighted by Crippen LogP contribution is 2.26. The van der Waals surface area contributed by atoms with E-state index in [1.807, 2.05) is 47.8 Å². The van der Waals surface area contributed by atoms with Gasteiger partial charge in [0.25, 0.3) is 0 Å². The maximum absolute atomic E-state index is 12.6. The first-order valence-corrected chi connectivity index (χ1v) is 10.4. The Morgan fingerprint density at radius 1 is 1.26 bits per heavy atom. The summed E-state index contributed by atoms with van der Waals surface area (Å²) in [6.45, 7) is 0. The summed E-state index contributed by atoms with van der Waals surface area (Å²) in [5.74, 6) is 0.191. The van der Waals surface area contributed by atoms with Gasteiger partial charge >= 0.3 is 0 Å². The number of rotatable bonds is 6. The first kappa shape index (κ1) is 18.0. The number of fused-ring (bicyclic) bond motifs is 1. The summed E-state index contributed by atoms with van der Waals surface area (Å²) < 4.78 is 0. The fourth-order valence-corrected chi connectivity index (χ4v) is 4.32. The fraction of sp³-hybridized carbons (Fsp3) is 0.105. The summed E-state index contributed by atoms with van der Waals surface area (Å²) in [5, 5.41) is 6.32. The van der Waals surface area contributed by atoms with Crippen LogP contribution in [0.5, 0.6) is 0 Å². The van der Waals surface area contributed by atoms with Crippen molar-refractivity contribution in [3.8, 4) is 0 Å².